The van der Waals surface area contributed by atoms with Gasteiger partial charge in [-0.15, -0.1) is 0 Å². The van der Waals surface area contributed by atoms with E-state index in [1.54, 1.807) is 52.0 Å². The molecular weight excluding hydrogens is 270 g/mol. The Balaban J connectivity index is 2.61. The van der Waals surface area contributed by atoms with Crippen molar-refractivity contribution in [2.45, 2.75) is 39.7 Å². The highest BCUT2D eigenvalue weighted by Gasteiger charge is 2.26. The number of hydrogen-bond donors (Lipinski definition) is 2. The molecule has 2 N–H and O–H groups in total. The predicted molar refractivity (Wildman–Crippen MR) is 80.2 cm³/mol. The summed E-state index contributed by atoms with van der Waals surface area (Å²) >= 11 is 0. The van der Waals surface area contributed by atoms with E-state index >= 15 is 0 Å². The van der Waals surface area contributed by atoms with Crippen molar-refractivity contribution in [3.8, 4) is 5.75 Å². The molecule has 0 saturated carbocycles. The van der Waals surface area contributed by atoms with Crippen molar-refractivity contribution in [2.24, 2.45) is 5.41 Å². The van der Waals surface area contributed by atoms with E-state index in [0.717, 1.165) is 11.8 Å². The van der Waals surface area contributed by atoms with Crippen LogP contribution in [0.5, 0.6) is 5.75 Å². The zero-order chi connectivity index (χ0) is 16.1. The Labute approximate surface area is 125 Å². The normalized spacial score (nSPS) is 14.1. The second-order valence-electron chi connectivity index (χ2n) is 6.47. The zero-order valence-corrected chi connectivity index (χ0v) is 13.0. The Kier molecular flexibility index (Phi) is 5.35. The molecule has 0 saturated heterocycles. The van der Waals surface area contributed by atoms with Gasteiger partial charge in [0.1, 0.15) is 17.6 Å². The summed E-state index contributed by atoms with van der Waals surface area (Å²) in [5, 5.41) is 11.9. The molecule has 5 nitrogen and oxygen atoms in total. The van der Waals surface area contributed by atoms with Crippen LogP contribution in [0.1, 0.15) is 33.3 Å². The number of rotatable bonds is 5. The van der Waals surface area contributed by atoms with Crippen molar-refractivity contribution < 1.29 is 19.4 Å². The monoisotopic (exact) mass is 293 g/mol. The molecule has 0 aromatic heterocycles. The van der Waals surface area contributed by atoms with Crippen LogP contribution in [0.4, 0.5) is 4.79 Å². The Morgan fingerprint density at radius 3 is 2.29 bits per heavy atom. The highest BCUT2D eigenvalue weighted by Crippen LogP contribution is 2.21. The Morgan fingerprint density at radius 1 is 1.24 bits per heavy atom. The van der Waals surface area contributed by atoms with E-state index in [0.29, 0.717) is 6.42 Å². The lowest BCUT2D eigenvalue weighted by molar-refractivity contribution is -0.115. The first-order valence-corrected chi connectivity index (χ1v) is 6.85. The van der Waals surface area contributed by atoms with E-state index in [1.807, 2.05) is 0 Å². The molecule has 0 bridgehead atoms. The van der Waals surface area contributed by atoms with Crippen LogP contribution in [0.3, 0.4) is 0 Å². The van der Waals surface area contributed by atoms with Gasteiger partial charge in [-0.1, -0.05) is 19.1 Å². The molecule has 1 atom stereocenters. The number of carbonyl (C=O) groups excluding carboxylic acids is 2. The molecular formula is C16H23NO4. The third kappa shape index (κ3) is 6.29. The molecule has 0 radical (unpaired) electrons. The van der Waals surface area contributed by atoms with E-state index < -0.39 is 17.1 Å². The predicted octanol–water partition coefficient (Wildman–Crippen LogP) is 2.66. The van der Waals surface area contributed by atoms with E-state index in [9.17, 15) is 14.7 Å². The smallest absolute Gasteiger partial charge is 0.407 e. The third-order valence-electron chi connectivity index (χ3n) is 2.86. The van der Waals surface area contributed by atoms with Crippen molar-refractivity contribution in [3.05, 3.63) is 29.8 Å². The lowest BCUT2D eigenvalue weighted by Crippen LogP contribution is -2.40. The van der Waals surface area contributed by atoms with Crippen LogP contribution in [0, 0.1) is 5.41 Å². The summed E-state index contributed by atoms with van der Waals surface area (Å²) in [5.41, 5.74) is -0.389. The lowest BCUT2D eigenvalue weighted by atomic mass is 9.85. The summed E-state index contributed by atoms with van der Waals surface area (Å²) in [6, 6.07) is 6.65. The van der Waals surface area contributed by atoms with Gasteiger partial charge >= 0.3 is 6.09 Å². The van der Waals surface area contributed by atoms with Crippen LogP contribution in [-0.2, 0) is 16.0 Å². The Bertz CT molecular complexity index is 490. The number of alkyl carbamates (subject to hydrolysis) is 1. The molecule has 0 spiro atoms. The minimum atomic E-state index is -0.728. The largest absolute Gasteiger partial charge is 0.508 e. The SMILES string of the molecule is CC(C=O)(CNC(=O)OC(C)(C)C)Cc1ccc(O)cc1. The minimum Gasteiger partial charge on any atom is -0.508 e. The fourth-order valence-electron chi connectivity index (χ4n) is 1.81. The number of ether oxygens (including phenoxy) is 1. The highest BCUT2D eigenvalue weighted by atomic mass is 16.6. The molecule has 1 aromatic rings. The van der Waals surface area contributed by atoms with Crippen LogP contribution in [0.2, 0.25) is 0 Å². The van der Waals surface area contributed by atoms with Gasteiger partial charge in [0.15, 0.2) is 0 Å². The number of benzene rings is 1. The van der Waals surface area contributed by atoms with E-state index in [-0.39, 0.29) is 12.3 Å². The summed E-state index contributed by atoms with van der Waals surface area (Å²) in [5.74, 6) is 0.179. The molecule has 0 aliphatic rings. The average Bonchev–Trinajstić information content (AvgIpc) is 2.37. The van der Waals surface area contributed by atoms with Crippen molar-refractivity contribution in [1.29, 1.82) is 0 Å². The van der Waals surface area contributed by atoms with Crippen molar-refractivity contribution in [1.82, 2.24) is 5.32 Å². The minimum absolute atomic E-state index is 0.179. The van der Waals surface area contributed by atoms with Gasteiger partial charge in [-0.3, -0.25) is 0 Å². The number of aromatic hydroxyl groups is 1. The number of hydrogen-bond acceptors (Lipinski definition) is 4. The molecule has 0 fully saturated rings. The number of carbonyl (C=O) groups is 2. The summed E-state index contributed by atoms with van der Waals surface area (Å²) in [6.45, 7) is 7.29. The van der Waals surface area contributed by atoms with Gasteiger partial charge in [0.05, 0.1) is 0 Å². The third-order valence-corrected chi connectivity index (χ3v) is 2.86. The maximum atomic E-state index is 11.6. The molecule has 1 amide bonds. The lowest BCUT2D eigenvalue weighted by Gasteiger charge is -2.25. The fraction of sp³-hybridized carbons (Fsp3) is 0.500. The van der Waals surface area contributed by atoms with Gasteiger partial charge in [-0.2, -0.15) is 0 Å². The molecule has 0 aliphatic carbocycles. The van der Waals surface area contributed by atoms with Crippen LogP contribution >= 0.6 is 0 Å². The molecule has 1 aromatic carbocycles. The van der Waals surface area contributed by atoms with Crippen LogP contribution in [0.25, 0.3) is 0 Å². The number of phenols is 1. The summed E-state index contributed by atoms with van der Waals surface area (Å²) in [6.07, 6.45) is 0.755. The topological polar surface area (TPSA) is 75.6 Å². The second kappa shape index (κ2) is 6.61. The standard InChI is InChI=1S/C16H23NO4/c1-15(2,3)21-14(20)17-10-16(4,11-18)9-12-5-7-13(19)8-6-12/h5-8,11,19H,9-10H2,1-4H3,(H,17,20). The van der Waals surface area contributed by atoms with Gasteiger partial charge in [0.2, 0.25) is 0 Å². The van der Waals surface area contributed by atoms with Crippen LogP contribution < -0.4 is 5.32 Å². The van der Waals surface area contributed by atoms with Crippen molar-refractivity contribution in [3.63, 3.8) is 0 Å². The average molecular weight is 293 g/mol. The first-order valence-electron chi connectivity index (χ1n) is 6.85. The number of nitrogens with one attached hydrogen (secondary N) is 1. The maximum Gasteiger partial charge on any atom is 0.407 e. The van der Waals surface area contributed by atoms with E-state index in [2.05, 4.69) is 5.32 Å². The summed E-state index contributed by atoms with van der Waals surface area (Å²) in [4.78, 5) is 23.0. The van der Waals surface area contributed by atoms with E-state index in [4.69, 9.17) is 4.74 Å². The second-order valence-corrected chi connectivity index (χ2v) is 6.47. The molecule has 1 unspecified atom stereocenters. The molecule has 0 heterocycles. The van der Waals surface area contributed by atoms with E-state index in [1.165, 1.54) is 0 Å². The molecule has 1 rings (SSSR count). The van der Waals surface area contributed by atoms with Crippen molar-refractivity contribution >= 4 is 12.4 Å². The van der Waals surface area contributed by atoms with Gasteiger partial charge in [-0.25, -0.2) is 4.79 Å². The molecule has 21 heavy (non-hydrogen) atoms. The van der Waals surface area contributed by atoms with Crippen molar-refractivity contribution in [2.75, 3.05) is 6.54 Å². The van der Waals surface area contributed by atoms with Gasteiger partial charge in [-0.05, 0) is 44.9 Å². The van der Waals surface area contributed by atoms with Gasteiger partial charge in [0.25, 0.3) is 0 Å². The molecule has 0 aliphatic heterocycles. The van der Waals surface area contributed by atoms with Crippen LogP contribution in [-0.4, -0.2) is 29.6 Å². The Hall–Kier alpha value is -2.04. The highest BCUT2D eigenvalue weighted by molar-refractivity contribution is 5.69. The maximum absolute atomic E-state index is 11.6. The molecule has 116 valence electrons. The van der Waals surface area contributed by atoms with Crippen LogP contribution in [0.15, 0.2) is 24.3 Å². The number of amides is 1. The van der Waals surface area contributed by atoms with Gasteiger partial charge < -0.3 is 20.0 Å². The Morgan fingerprint density at radius 2 is 1.81 bits per heavy atom. The summed E-state index contributed by atoms with van der Waals surface area (Å²) < 4.78 is 5.14. The fourth-order valence-corrected chi connectivity index (χ4v) is 1.81. The number of aldehydes is 1. The van der Waals surface area contributed by atoms with Gasteiger partial charge in [0, 0.05) is 12.0 Å². The first kappa shape index (κ1) is 17.0. The quantitative estimate of drug-likeness (QED) is 0.818. The number of phenolic OH excluding ortho intramolecular Hbond substituents is 1. The first-order chi connectivity index (χ1) is 9.63. The zero-order valence-electron chi connectivity index (χ0n) is 13.0. The summed E-state index contributed by atoms with van der Waals surface area (Å²) in [7, 11) is 0. The molecule has 5 heteroatoms.